The van der Waals surface area contributed by atoms with Crippen molar-refractivity contribution in [1.82, 2.24) is 0 Å². The van der Waals surface area contributed by atoms with Crippen molar-refractivity contribution < 1.29 is 29.0 Å². The largest absolute Gasteiger partial charge is 1.00 e. The van der Waals surface area contributed by atoms with Gasteiger partial charge in [0.2, 0.25) is 0 Å². The number of nitrogens with zero attached hydrogens (tertiary/aromatic N) is 2. The molecule has 0 aromatic carbocycles. The molecule has 0 atom stereocenters. The zero-order valence-corrected chi connectivity index (χ0v) is 7.08. The van der Waals surface area contributed by atoms with Gasteiger partial charge in [0.1, 0.15) is 5.71 Å². The topological polar surface area (TPSA) is 38.7 Å². The van der Waals surface area contributed by atoms with Crippen molar-refractivity contribution in [2.75, 3.05) is 0 Å². The zero-order chi connectivity index (χ0) is 5.82. The quantitative estimate of drug-likeness (QED) is 0.413. The Bertz CT molecular complexity index is 198. The summed E-state index contributed by atoms with van der Waals surface area (Å²) in [6, 6.07) is 0. The highest BCUT2D eigenvalue weighted by Gasteiger charge is 1.86. The Morgan fingerprint density at radius 1 is 1.67 bits per heavy atom. The van der Waals surface area contributed by atoms with Gasteiger partial charge in [-0.3, -0.25) is 0 Å². The molecule has 0 saturated carbocycles. The standard InChI is InChI=1S/C5H5N3.HI/c1-5-2-3-7-8-4-6-5;/h2,4H,1H3;1H. The van der Waals surface area contributed by atoms with Crippen molar-refractivity contribution in [1.29, 1.82) is 0 Å². The Morgan fingerprint density at radius 2 is 2.44 bits per heavy atom. The Hall–Kier alpha value is -0.480. The minimum atomic E-state index is 0. The van der Waals surface area contributed by atoms with Crippen molar-refractivity contribution in [3.8, 4) is 0 Å². The Kier molecular flexibility index (Phi) is 4.17. The van der Waals surface area contributed by atoms with E-state index >= 15 is 0 Å². The third kappa shape index (κ3) is 3.16. The van der Waals surface area contributed by atoms with E-state index in [0.29, 0.717) is 0 Å². The van der Waals surface area contributed by atoms with Crippen molar-refractivity contribution in [2.24, 2.45) is 10.2 Å². The van der Waals surface area contributed by atoms with Crippen LogP contribution in [0.5, 0.6) is 0 Å². The molecule has 0 radical (unpaired) electrons. The molecule has 9 heavy (non-hydrogen) atoms. The number of hydrogen-bond acceptors (Lipinski definition) is 2. The van der Waals surface area contributed by atoms with E-state index in [2.05, 4.69) is 21.1 Å². The number of rotatable bonds is 0. The third-order valence-corrected chi connectivity index (χ3v) is 0.746. The van der Waals surface area contributed by atoms with Gasteiger partial charge in [-0.05, 0) is 6.92 Å². The fraction of sp³-hybridized carbons (Fsp3) is 0.200. The lowest BCUT2D eigenvalue weighted by Gasteiger charge is -1.71. The molecular weight excluding hydrogens is 229 g/mol. The van der Waals surface area contributed by atoms with E-state index in [-0.39, 0.29) is 24.0 Å². The second-order valence-corrected chi connectivity index (χ2v) is 1.45. The van der Waals surface area contributed by atoms with Crippen molar-refractivity contribution in [2.45, 2.75) is 6.92 Å². The van der Waals surface area contributed by atoms with Gasteiger partial charge in [0.05, 0.1) is 5.10 Å². The van der Waals surface area contributed by atoms with Gasteiger partial charge in [-0.25, -0.2) is 4.99 Å². The minimum Gasteiger partial charge on any atom is -1.00 e. The minimum absolute atomic E-state index is 0. The number of halogens is 1. The molecule has 0 spiro atoms. The highest BCUT2D eigenvalue weighted by Crippen LogP contribution is 1.65. The van der Waals surface area contributed by atoms with Gasteiger partial charge in [-0.1, -0.05) is 0 Å². The van der Waals surface area contributed by atoms with Crippen LogP contribution in [0.15, 0.2) is 16.3 Å². The molecule has 1 aliphatic heterocycles. The summed E-state index contributed by atoms with van der Waals surface area (Å²) in [5, 5.41) is 7.05. The van der Waals surface area contributed by atoms with Gasteiger partial charge in [-0.15, -0.1) is 0 Å². The molecule has 0 aliphatic carbocycles. The van der Waals surface area contributed by atoms with Gasteiger partial charge in [0.15, 0.2) is 0 Å². The van der Waals surface area contributed by atoms with E-state index in [1.165, 1.54) is 6.34 Å². The summed E-state index contributed by atoms with van der Waals surface area (Å²) in [6.07, 6.45) is 3.25. The summed E-state index contributed by atoms with van der Waals surface area (Å²) < 4.78 is 0. The van der Waals surface area contributed by atoms with Crippen LogP contribution in [0.3, 0.4) is 0 Å². The smallest absolute Gasteiger partial charge is 0.313 e. The van der Waals surface area contributed by atoms with Crippen LogP contribution in [0.1, 0.15) is 6.92 Å². The van der Waals surface area contributed by atoms with Gasteiger partial charge < -0.3 is 24.0 Å². The molecule has 0 saturated heterocycles. The van der Waals surface area contributed by atoms with Gasteiger partial charge in [-0.2, -0.15) is 0 Å². The summed E-state index contributed by atoms with van der Waals surface area (Å²) in [7, 11) is 0. The summed E-state index contributed by atoms with van der Waals surface area (Å²) >= 11 is 0. The number of nitrogens with one attached hydrogen (secondary N) is 1. The summed E-state index contributed by atoms with van der Waals surface area (Å²) in [5.74, 6) is 2.60. The fourth-order valence-electron chi connectivity index (χ4n) is 0.360. The van der Waals surface area contributed by atoms with E-state index in [4.69, 9.17) is 0 Å². The highest BCUT2D eigenvalue weighted by molar-refractivity contribution is 5.96. The van der Waals surface area contributed by atoms with Crippen LogP contribution in [-0.2, 0) is 0 Å². The third-order valence-electron chi connectivity index (χ3n) is 0.746. The second-order valence-electron chi connectivity index (χ2n) is 1.45. The molecule has 1 N–H and O–H groups in total. The maximum atomic E-state index is 3.55. The lowest BCUT2D eigenvalue weighted by Crippen LogP contribution is -3.00. The van der Waals surface area contributed by atoms with E-state index in [9.17, 15) is 0 Å². The summed E-state index contributed by atoms with van der Waals surface area (Å²) in [4.78, 5) is 2.86. The maximum Gasteiger partial charge on any atom is 0.313 e. The monoisotopic (exact) mass is 235 g/mol. The molecule has 1 heterocycles. The zero-order valence-electron chi connectivity index (χ0n) is 4.93. The molecule has 4 heteroatoms. The molecule has 3 nitrogen and oxygen atoms in total. The highest BCUT2D eigenvalue weighted by atomic mass is 127. The first-order valence-corrected chi connectivity index (χ1v) is 2.30. The Labute approximate surface area is 70.3 Å². The molecule has 0 unspecified atom stereocenters. The van der Waals surface area contributed by atoms with Crippen LogP contribution >= 0.6 is 0 Å². The van der Waals surface area contributed by atoms with E-state index in [0.717, 1.165) is 5.71 Å². The molecule has 0 aromatic rings. The fourth-order valence-corrected chi connectivity index (χ4v) is 0.360. The molecule has 0 bridgehead atoms. The number of allylic oxidation sites excluding steroid dienone is 1. The summed E-state index contributed by atoms with van der Waals surface area (Å²) in [5.41, 5.74) is 0.995. The van der Waals surface area contributed by atoms with Gasteiger partial charge >= 0.3 is 6.34 Å². The summed E-state index contributed by atoms with van der Waals surface area (Å²) in [6.45, 7) is 1.92. The Morgan fingerprint density at radius 3 is 3.22 bits per heavy atom. The van der Waals surface area contributed by atoms with Gasteiger partial charge in [0, 0.05) is 17.0 Å². The number of hydrogen-bond donors (Lipinski definition) is 1. The van der Waals surface area contributed by atoms with Crippen LogP contribution in [0.2, 0.25) is 0 Å². The molecule has 1 aliphatic rings. The molecule has 0 amide bonds. The first-order chi connectivity index (χ1) is 3.89. The van der Waals surface area contributed by atoms with Crippen LogP contribution < -0.4 is 29.0 Å². The van der Waals surface area contributed by atoms with Crippen LogP contribution in [0.25, 0.3) is 0 Å². The molecular formula is C5H6IN3. The van der Waals surface area contributed by atoms with Crippen molar-refractivity contribution in [3.63, 3.8) is 0 Å². The van der Waals surface area contributed by atoms with Crippen LogP contribution in [-0.4, -0.2) is 17.9 Å². The van der Waals surface area contributed by atoms with Crippen molar-refractivity contribution in [3.05, 3.63) is 6.08 Å². The van der Waals surface area contributed by atoms with E-state index in [1.807, 2.05) is 6.92 Å². The first kappa shape index (κ1) is 8.52. The van der Waals surface area contributed by atoms with Crippen LogP contribution in [0, 0.1) is 0 Å². The SMILES string of the molecule is CC1=[NH+]C=NN=C=C1.[I-]. The molecule has 48 valence electrons. The van der Waals surface area contributed by atoms with E-state index in [1.54, 1.807) is 6.08 Å². The predicted octanol–water partition coefficient (Wildman–Crippen LogP) is -4.29. The molecule has 0 aromatic heterocycles. The lowest BCUT2D eigenvalue weighted by molar-refractivity contribution is -0.302. The molecule has 1 rings (SSSR count). The first-order valence-electron chi connectivity index (χ1n) is 2.30. The lowest BCUT2D eigenvalue weighted by atomic mass is 10.4. The van der Waals surface area contributed by atoms with Crippen LogP contribution in [0.4, 0.5) is 0 Å². The average Bonchev–Trinajstić information content (AvgIpc) is 1.94. The van der Waals surface area contributed by atoms with Crippen molar-refractivity contribution >= 4 is 17.9 Å². The second kappa shape index (κ2) is 4.40. The maximum absolute atomic E-state index is 3.55. The average molecular weight is 235 g/mol. The van der Waals surface area contributed by atoms with E-state index < -0.39 is 0 Å². The van der Waals surface area contributed by atoms with Gasteiger partial charge in [0.25, 0.3) is 0 Å². The predicted molar refractivity (Wildman–Crippen MR) is 32.1 cm³/mol. The normalized spacial score (nSPS) is 14.1. The molecule has 0 fully saturated rings. The Balaban J connectivity index is 0.000000640.